The Hall–Kier alpha value is -0.581. The summed E-state index contributed by atoms with van der Waals surface area (Å²) >= 11 is -2.38. The van der Waals surface area contributed by atoms with E-state index in [-0.39, 0.29) is 6.10 Å². The number of unbranched alkanes of at least 4 members (excludes halogenated alkanes) is 3. The molecule has 1 unspecified atom stereocenters. The number of hydrogen-bond donors (Lipinski definition) is 1. The Morgan fingerprint density at radius 3 is 1.94 bits per heavy atom. The molecular formula is C29H49NOSn. The predicted molar refractivity (Wildman–Crippen MR) is 144 cm³/mol. The summed E-state index contributed by atoms with van der Waals surface area (Å²) in [7, 11) is 0. The van der Waals surface area contributed by atoms with Gasteiger partial charge in [0.15, 0.2) is 0 Å². The van der Waals surface area contributed by atoms with Crippen LogP contribution < -0.4 is 0 Å². The van der Waals surface area contributed by atoms with Gasteiger partial charge in [-0.05, 0) is 0 Å². The zero-order valence-electron chi connectivity index (χ0n) is 21.4. The second kappa shape index (κ2) is 15.3. The molecule has 0 saturated carbocycles. The van der Waals surface area contributed by atoms with E-state index in [1.165, 1.54) is 63.0 Å². The van der Waals surface area contributed by atoms with Gasteiger partial charge in [-0.2, -0.15) is 0 Å². The molecule has 1 saturated heterocycles. The van der Waals surface area contributed by atoms with Crippen LogP contribution in [-0.4, -0.2) is 47.6 Å². The van der Waals surface area contributed by atoms with Crippen molar-refractivity contribution in [2.75, 3.05) is 13.1 Å². The Morgan fingerprint density at radius 1 is 0.844 bits per heavy atom. The molecule has 0 radical (unpaired) electrons. The van der Waals surface area contributed by atoms with Crippen molar-refractivity contribution in [2.45, 2.75) is 105 Å². The molecule has 0 spiro atoms. The van der Waals surface area contributed by atoms with E-state index in [9.17, 15) is 5.11 Å². The van der Waals surface area contributed by atoms with Gasteiger partial charge in [0.05, 0.1) is 0 Å². The molecule has 1 aromatic rings. The number of rotatable bonds is 15. The molecule has 1 heterocycles. The van der Waals surface area contributed by atoms with Crippen LogP contribution in [0.15, 0.2) is 51.6 Å². The van der Waals surface area contributed by atoms with E-state index >= 15 is 0 Å². The number of aliphatic hydroxyl groups excluding tert-OH is 1. The second-order valence-electron chi connectivity index (χ2n) is 10.0. The summed E-state index contributed by atoms with van der Waals surface area (Å²) in [5, 5.41) is 10.6. The molecule has 1 N–H and O–H groups in total. The van der Waals surface area contributed by atoms with Crippen LogP contribution in [0.3, 0.4) is 0 Å². The number of benzene rings is 1. The molecule has 1 fully saturated rings. The molecule has 1 aliphatic rings. The molecule has 1 aromatic carbocycles. The van der Waals surface area contributed by atoms with E-state index in [1.54, 1.807) is 5.57 Å². The Bertz CT molecular complexity index is 675. The molecule has 2 rings (SSSR count). The first kappa shape index (κ1) is 27.7. The van der Waals surface area contributed by atoms with Gasteiger partial charge in [-0.3, -0.25) is 0 Å². The van der Waals surface area contributed by atoms with E-state index in [0.717, 1.165) is 32.5 Å². The van der Waals surface area contributed by atoms with Gasteiger partial charge in [0.2, 0.25) is 0 Å². The molecule has 1 atom stereocenters. The van der Waals surface area contributed by atoms with E-state index in [2.05, 4.69) is 73.1 Å². The summed E-state index contributed by atoms with van der Waals surface area (Å²) in [6.07, 6.45) is 12.0. The minimum absolute atomic E-state index is 0.304. The van der Waals surface area contributed by atoms with Crippen LogP contribution in [0.5, 0.6) is 0 Å². The van der Waals surface area contributed by atoms with Crippen molar-refractivity contribution >= 4 is 18.4 Å². The molecular weight excluding hydrogens is 497 g/mol. The minimum atomic E-state index is -2.38. The number of nitrogens with zero attached hydrogens (tertiary/aromatic N) is 1. The normalized spacial score (nSPS) is 18.7. The van der Waals surface area contributed by atoms with Gasteiger partial charge >= 0.3 is 204 Å². The third-order valence-electron chi connectivity index (χ3n) is 6.99. The van der Waals surface area contributed by atoms with Crippen LogP contribution in [0.2, 0.25) is 13.3 Å². The fourth-order valence-corrected chi connectivity index (χ4v) is 20.5. The van der Waals surface area contributed by atoms with Crippen LogP contribution in [0.25, 0.3) is 0 Å². The van der Waals surface area contributed by atoms with Gasteiger partial charge in [-0.15, -0.1) is 0 Å². The summed E-state index contributed by atoms with van der Waals surface area (Å²) in [5.41, 5.74) is 4.39. The van der Waals surface area contributed by atoms with Gasteiger partial charge in [0.25, 0.3) is 0 Å². The van der Waals surface area contributed by atoms with E-state index in [1.807, 2.05) is 0 Å². The van der Waals surface area contributed by atoms with Gasteiger partial charge in [0, 0.05) is 0 Å². The topological polar surface area (TPSA) is 23.5 Å². The van der Waals surface area contributed by atoms with Crippen LogP contribution in [0.1, 0.15) is 84.6 Å². The first-order valence-electron chi connectivity index (χ1n) is 13.4. The number of likely N-dealkylation sites (tertiary alicyclic amines) is 1. The zero-order chi connectivity index (χ0) is 23.2. The summed E-state index contributed by atoms with van der Waals surface area (Å²) in [6, 6.07) is 10.9. The molecule has 0 amide bonds. The average molecular weight is 546 g/mol. The molecule has 180 valence electrons. The van der Waals surface area contributed by atoms with Crippen molar-refractivity contribution in [1.82, 2.24) is 4.90 Å². The summed E-state index contributed by atoms with van der Waals surface area (Å²) in [6.45, 7) is 12.3. The van der Waals surface area contributed by atoms with E-state index in [4.69, 9.17) is 0 Å². The summed E-state index contributed by atoms with van der Waals surface area (Å²) < 4.78 is 7.43. The van der Waals surface area contributed by atoms with Gasteiger partial charge in [-0.1, -0.05) is 0 Å². The third-order valence-corrected chi connectivity index (χ3v) is 21.3. The summed E-state index contributed by atoms with van der Waals surface area (Å²) in [5.74, 6) is 0. The monoisotopic (exact) mass is 547 g/mol. The summed E-state index contributed by atoms with van der Waals surface area (Å²) in [4.78, 5) is 2.59. The second-order valence-corrected chi connectivity index (χ2v) is 22.9. The van der Waals surface area contributed by atoms with Crippen molar-refractivity contribution in [3.8, 4) is 0 Å². The SMILES string of the molecule is CCC[CH2][Sn](/[CH]=C1/CN(Cc2ccccc2)C/C1=C\C(O)CCC)([CH2]CCC)[CH2]CCC. The molecule has 0 aliphatic carbocycles. The number of aliphatic hydroxyl groups is 1. The van der Waals surface area contributed by atoms with Crippen molar-refractivity contribution in [3.63, 3.8) is 0 Å². The van der Waals surface area contributed by atoms with Gasteiger partial charge < -0.3 is 0 Å². The zero-order valence-corrected chi connectivity index (χ0v) is 24.3. The van der Waals surface area contributed by atoms with Crippen molar-refractivity contribution < 1.29 is 5.11 Å². The molecule has 2 nitrogen and oxygen atoms in total. The predicted octanol–water partition coefficient (Wildman–Crippen LogP) is 7.90. The van der Waals surface area contributed by atoms with Crippen molar-refractivity contribution in [2.24, 2.45) is 0 Å². The fourth-order valence-electron chi connectivity index (χ4n) is 5.15. The maximum atomic E-state index is 10.6. The average Bonchev–Trinajstić information content (AvgIpc) is 3.15. The van der Waals surface area contributed by atoms with Crippen LogP contribution in [0, 0.1) is 0 Å². The van der Waals surface area contributed by atoms with Crippen LogP contribution in [0.4, 0.5) is 0 Å². The fraction of sp³-hybridized carbons (Fsp3) is 0.655. The first-order chi connectivity index (χ1) is 15.6. The first-order valence-corrected chi connectivity index (χ1v) is 21.1. The van der Waals surface area contributed by atoms with Crippen LogP contribution in [-0.2, 0) is 6.54 Å². The number of hydrogen-bond acceptors (Lipinski definition) is 2. The Balaban J connectivity index is 2.36. The van der Waals surface area contributed by atoms with Gasteiger partial charge in [0.1, 0.15) is 0 Å². The standard InChI is InChI=1S/C17H22NO.3C4H9.Sn/c1-3-7-17(19)10-16-13-18(11-14(16)2)12-15-8-5-4-6-9-15;3*1-3-4-2;/h2,4-6,8-10,17,19H,3,7,11-13H2,1H3;3*1,3-4H2,2H3;/b14-2?,16-10+;;;;. The Morgan fingerprint density at radius 2 is 1.41 bits per heavy atom. The van der Waals surface area contributed by atoms with E-state index in [0.29, 0.717) is 0 Å². The van der Waals surface area contributed by atoms with Crippen molar-refractivity contribution in [1.29, 1.82) is 0 Å². The molecule has 1 aliphatic heterocycles. The third kappa shape index (κ3) is 9.35. The maximum absolute atomic E-state index is 10.6. The van der Waals surface area contributed by atoms with Crippen molar-refractivity contribution in [3.05, 3.63) is 57.2 Å². The Labute approximate surface area is 203 Å². The van der Waals surface area contributed by atoms with Gasteiger partial charge in [-0.25, -0.2) is 0 Å². The molecule has 32 heavy (non-hydrogen) atoms. The van der Waals surface area contributed by atoms with Crippen LogP contribution >= 0.6 is 0 Å². The molecule has 0 aromatic heterocycles. The molecule has 0 bridgehead atoms. The quantitative estimate of drug-likeness (QED) is 0.226. The molecule has 3 heteroatoms. The Kier molecular flexibility index (Phi) is 13.3. The van der Waals surface area contributed by atoms with E-state index < -0.39 is 18.4 Å².